The molecule has 2 fully saturated rings. The highest BCUT2D eigenvalue weighted by atomic mass is 32.1. The minimum atomic E-state index is 0.199. The van der Waals surface area contributed by atoms with Crippen molar-refractivity contribution in [3.05, 3.63) is 21.9 Å². The largest absolute Gasteiger partial charge is 0.338 e. The van der Waals surface area contributed by atoms with Gasteiger partial charge in [0.05, 0.1) is 9.75 Å². The highest BCUT2D eigenvalue weighted by molar-refractivity contribution is 7.14. The Bertz CT molecular complexity index is 539. The number of carbonyl (C=O) groups is 1. The van der Waals surface area contributed by atoms with Crippen LogP contribution in [0.4, 0.5) is 0 Å². The van der Waals surface area contributed by atoms with Gasteiger partial charge in [-0.2, -0.15) is 0 Å². The minimum Gasteiger partial charge on any atom is -0.338 e. The summed E-state index contributed by atoms with van der Waals surface area (Å²) in [4.78, 5) is 16.3. The summed E-state index contributed by atoms with van der Waals surface area (Å²) in [7, 11) is 0. The number of rotatable bonds is 1. The Labute approximate surface area is 131 Å². The maximum atomic E-state index is 12.4. The van der Waals surface area contributed by atoms with Crippen molar-refractivity contribution in [2.45, 2.75) is 51.4 Å². The van der Waals surface area contributed by atoms with Gasteiger partial charge in [0.25, 0.3) is 5.91 Å². The summed E-state index contributed by atoms with van der Waals surface area (Å²) in [5.74, 6) is 7.47. The monoisotopic (exact) mass is 301 g/mol. The Morgan fingerprint density at radius 3 is 2.52 bits per heavy atom. The molecule has 112 valence electrons. The number of likely N-dealkylation sites (tertiary alicyclic amines) is 1. The molecule has 21 heavy (non-hydrogen) atoms. The first kappa shape index (κ1) is 14.7. The third-order valence-corrected chi connectivity index (χ3v) is 5.45. The summed E-state index contributed by atoms with van der Waals surface area (Å²) >= 11 is 1.56. The van der Waals surface area contributed by atoms with E-state index in [1.54, 1.807) is 11.3 Å². The van der Waals surface area contributed by atoms with Crippen LogP contribution in [0, 0.1) is 17.8 Å². The van der Waals surface area contributed by atoms with E-state index >= 15 is 0 Å². The fourth-order valence-electron chi connectivity index (χ4n) is 3.19. The van der Waals surface area contributed by atoms with Gasteiger partial charge in [-0.05, 0) is 44.2 Å². The highest BCUT2D eigenvalue weighted by Crippen LogP contribution is 2.24. The number of thiophene rings is 1. The van der Waals surface area contributed by atoms with Crippen LogP contribution in [-0.2, 0) is 0 Å². The van der Waals surface area contributed by atoms with Gasteiger partial charge in [0.15, 0.2) is 0 Å². The fraction of sp³-hybridized carbons (Fsp3) is 0.611. The second-order valence-corrected chi connectivity index (χ2v) is 7.20. The van der Waals surface area contributed by atoms with Gasteiger partial charge in [0, 0.05) is 19.0 Å². The zero-order valence-corrected chi connectivity index (χ0v) is 13.4. The zero-order chi connectivity index (χ0) is 14.5. The molecule has 0 spiro atoms. The van der Waals surface area contributed by atoms with Gasteiger partial charge in [0.1, 0.15) is 0 Å². The number of piperidine rings is 1. The molecule has 1 amide bonds. The van der Waals surface area contributed by atoms with Gasteiger partial charge in [0.2, 0.25) is 0 Å². The Kier molecular flexibility index (Phi) is 4.98. The van der Waals surface area contributed by atoms with Crippen molar-refractivity contribution >= 4 is 17.2 Å². The van der Waals surface area contributed by atoms with Crippen LogP contribution in [0.3, 0.4) is 0 Å². The summed E-state index contributed by atoms with van der Waals surface area (Å²) in [5.41, 5.74) is 0. The van der Waals surface area contributed by atoms with E-state index in [1.807, 2.05) is 17.0 Å². The van der Waals surface area contributed by atoms with Crippen molar-refractivity contribution in [2.24, 2.45) is 5.92 Å². The lowest BCUT2D eigenvalue weighted by atomic mass is 9.90. The zero-order valence-electron chi connectivity index (χ0n) is 12.6. The maximum absolute atomic E-state index is 12.4. The molecule has 3 heteroatoms. The first-order valence-electron chi connectivity index (χ1n) is 8.23. The van der Waals surface area contributed by atoms with Gasteiger partial charge in [-0.3, -0.25) is 4.79 Å². The average molecular weight is 301 g/mol. The Morgan fingerprint density at radius 1 is 1.05 bits per heavy atom. The van der Waals surface area contributed by atoms with Crippen LogP contribution < -0.4 is 0 Å². The Morgan fingerprint density at radius 2 is 1.76 bits per heavy atom. The number of carbonyl (C=O) groups excluding carboxylic acids is 1. The second-order valence-electron chi connectivity index (χ2n) is 6.12. The molecule has 2 aliphatic rings. The Hall–Kier alpha value is -1.27. The van der Waals surface area contributed by atoms with Crippen molar-refractivity contribution in [1.82, 2.24) is 4.90 Å². The van der Waals surface area contributed by atoms with Crippen LogP contribution in [0.5, 0.6) is 0 Å². The molecule has 1 aliphatic heterocycles. The maximum Gasteiger partial charge on any atom is 0.263 e. The lowest BCUT2D eigenvalue weighted by molar-refractivity contribution is 0.0729. The molecule has 0 radical (unpaired) electrons. The highest BCUT2D eigenvalue weighted by Gasteiger charge is 2.19. The first-order valence-corrected chi connectivity index (χ1v) is 9.05. The lowest BCUT2D eigenvalue weighted by Crippen LogP contribution is -2.35. The molecule has 1 aliphatic carbocycles. The predicted molar refractivity (Wildman–Crippen MR) is 87.5 cm³/mol. The number of hydrogen-bond donors (Lipinski definition) is 0. The van der Waals surface area contributed by atoms with Crippen LogP contribution in [0.15, 0.2) is 12.1 Å². The van der Waals surface area contributed by atoms with Crippen LogP contribution in [0.2, 0.25) is 0 Å². The molecule has 3 rings (SSSR count). The number of hydrogen-bond acceptors (Lipinski definition) is 2. The van der Waals surface area contributed by atoms with Gasteiger partial charge >= 0.3 is 0 Å². The molecule has 0 bridgehead atoms. The van der Waals surface area contributed by atoms with Crippen molar-refractivity contribution in [1.29, 1.82) is 0 Å². The molecule has 1 aromatic rings. The van der Waals surface area contributed by atoms with Crippen molar-refractivity contribution < 1.29 is 4.79 Å². The van der Waals surface area contributed by atoms with E-state index in [2.05, 4.69) is 11.8 Å². The first-order chi connectivity index (χ1) is 10.3. The van der Waals surface area contributed by atoms with Gasteiger partial charge in [-0.15, -0.1) is 11.3 Å². The second kappa shape index (κ2) is 7.13. The smallest absolute Gasteiger partial charge is 0.263 e. The summed E-state index contributed by atoms with van der Waals surface area (Å²) in [5, 5.41) is 0. The number of nitrogens with zero attached hydrogens (tertiary/aromatic N) is 1. The SMILES string of the molecule is O=C(c1ccc(C#CC2CCCCC2)s1)N1CCCCC1. The molecule has 0 unspecified atom stereocenters. The molecule has 2 nitrogen and oxygen atoms in total. The van der Waals surface area contributed by atoms with Crippen molar-refractivity contribution in [3.8, 4) is 11.8 Å². The molecule has 1 saturated carbocycles. The minimum absolute atomic E-state index is 0.199. The Balaban J connectivity index is 1.62. The summed E-state index contributed by atoms with van der Waals surface area (Å²) < 4.78 is 0. The summed E-state index contributed by atoms with van der Waals surface area (Å²) in [6.45, 7) is 1.83. The standard InChI is InChI=1S/C18H23NOS/c20-18(19-13-5-2-6-14-19)17-12-11-16(21-17)10-9-15-7-3-1-4-8-15/h11-12,15H,1-8,13-14H2. The summed E-state index contributed by atoms with van der Waals surface area (Å²) in [6, 6.07) is 3.96. The van der Waals surface area contributed by atoms with Gasteiger partial charge in [-0.1, -0.05) is 31.1 Å². The fourth-order valence-corrected chi connectivity index (χ4v) is 4.03. The molecular formula is C18H23NOS. The third-order valence-electron chi connectivity index (χ3n) is 4.46. The van der Waals surface area contributed by atoms with E-state index in [-0.39, 0.29) is 5.91 Å². The summed E-state index contributed by atoms with van der Waals surface area (Å²) in [6.07, 6.45) is 10.1. The topological polar surface area (TPSA) is 20.3 Å². The van der Waals surface area contributed by atoms with Crippen LogP contribution in [0.25, 0.3) is 0 Å². The molecule has 1 aromatic heterocycles. The molecule has 0 aromatic carbocycles. The van der Waals surface area contributed by atoms with Crippen molar-refractivity contribution in [2.75, 3.05) is 13.1 Å². The molecular weight excluding hydrogens is 278 g/mol. The lowest BCUT2D eigenvalue weighted by Gasteiger charge is -2.26. The van der Waals surface area contributed by atoms with E-state index in [0.717, 1.165) is 35.7 Å². The predicted octanol–water partition coefficient (Wildman–Crippen LogP) is 4.31. The molecule has 1 saturated heterocycles. The normalized spacial score (nSPS) is 19.9. The quantitative estimate of drug-likeness (QED) is 0.708. The van der Waals surface area contributed by atoms with E-state index < -0.39 is 0 Å². The van der Waals surface area contributed by atoms with E-state index in [4.69, 9.17) is 0 Å². The third kappa shape index (κ3) is 3.89. The van der Waals surface area contributed by atoms with Gasteiger partial charge < -0.3 is 4.90 Å². The average Bonchev–Trinajstić information content (AvgIpc) is 3.03. The molecule has 0 N–H and O–H groups in total. The van der Waals surface area contributed by atoms with E-state index in [1.165, 1.54) is 38.5 Å². The van der Waals surface area contributed by atoms with Crippen molar-refractivity contribution in [3.63, 3.8) is 0 Å². The van der Waals surface area contributed by atoms with Gasteiger partial charge in [-0.25, -0.2) is 0 Å². The van der Waals surface area contributed by atoms with Crippen LogP contribution >= 0.6 is 11.3 Å². The van der Waals surface area contributed by atoms with Crippen LogP contribution in [-0.4, -0.2) is 23.9 Å². The van der Waals surface area contributed by atoms with E-state index in [9.17, 15) is 4.79 Å². The number of amides is 1. The molecule has 0 atom stereocenters. The van der Waals surface area contributed by atoms with Crippen LogP contribution in [0.1, 0.15) is 65.9 Å². The molecule has 2 heterocycles. The van der Waals surface area contributed by atoms with E-state index in [0.29, 0.717) is 5.92 Å².